The molecule has 1 saturated carbocycles. The van der Waals surface area contributed by atoms with Crippen LogP contribution in [-0.2, 0) is 4.74 Å². The second-order valence-electron chi connectivity index (χ2n) is 7.98. The lowest BCUT2D eigenvalue weighted by molar-refractivity contribution is 0.187. The third-order valence-corrected chi connectivity index (χ3v) is 5.86. The van der Waals surface area contributed by atoms with E-state index >= 15 is 0 Å². The number of nitrogens with one attached hydrogen (secondary N) is 2. The molecule has 2 aliphatic rings. The number of fused-ring (bicyclic) bond motifs is 1. The summed E-state index contributed by atoms with van der Waals surface area (Å²) in [6.07, 6.45) is 6.98. The van der Waals surface area contributed by atoms with Crippen LogP contribution in [0.25, 0.3) is 11.2 Å². The molecule has 0 spiro atoms. The Labute approximate surface area is 169 Å². The van der Waals surface area contributed by atoms with Gasteiger partial charge in [0, 0.05) is 24.4 Å². The molecule has 29 heavy (non-hydrogen) atoms. The molecule has 0 radical (unpaired) electrons. The number of para-hydroxylation sites is 1. The summed E-state index contributed by atoms with van der Waals surface area (Å²) in [5.41, 5.74) is 8.64. The first-order chi connectivity index (χ1) is 14.3. The molecule has 8 heteroatoms. The van der Waals surface area contributed by atoms with E-state index in [1.54, 1.807) is 0 Å². The van der Waals surface area contributed by atoms with Gasteiger partial charge in [-0.3, -0.25) is 0 Å². The van der Waals surface area contributed by atoms with Gasteiger partial charge >= 0.3 is 0 Å². The maximum atomic E-state index is 6.06. The van der Waals surface area contributed by atoms with E-state index in [0.29, 0.717) is 30.5 Å². The van der Waals surface area contributed by atoms with Gasteiger partial charge in [-0.1, -0.05) is 18.2 Å². The van der Waals surface area contributed by atoms with E-state index in [1.165, 1.54) is 0 Å². The van der Waals surface area contributed by atoms with Crippen molar-refractivity contribution >= 4 is 28.6 Å². The summed E-state index contributed by atoms with van der Waals surface area (Å²) in [5, 5.41) is 6.95. The highest BCUT2D eigenvalue weighted by atomic mass is 16.5. The number of hydrogen-bond donors (Lipinski definition) is 3. The summed E-state index contributed by atoms with van der Waals surface area (Å²) < 4.78 is 7.71. The molecule has 1 aromatic carbocycles. The Bertz CT molecular complexity index is 960. The third-order valence-electron chi connectivity index (χ3n) is 5.86. The Hall–Kier alpha value is -2.71. The molecule has 1 aliphatic carbocycles. The Balaban J connectivity index is 1.50. The number of rotatable bonds is 5. The van der Waals surface area contributed by atoms with Gasteiger partial charge in [0.05, 0.1) is 19.0 Å². The molecule has 2 aromatic heterocycles. The molecule has 1 unspecified atom stereocenters. The van der Waals surface area contributed by atoms with Crippen molar-refractivity contribution in [2.75, 3.05) is 23.8 Å². The lowest BCUT2D eigenvalue weighted by atomic mass is 9.92. The fourth-order valence-electron chi connectivity index (χ4n) is 4.18. The molecule has 1 saturated heterocycles. The molecular formula is C21H27N7O. The molecule has 3 aromatic rings. The van der Waals surface area contributed by atoms with Crippen molar-refractivity contribution in [3.8, 4) is 0 Å². The lowest BCUT2D eigenvalue weighted by Gasteiger charge is -2.27. The van der Waals surface area contributed by atoms with Crippen LogP contribution in [0, 0.1) is 0 Å². The molecule has 0 bridgehead atoms. The van der Waals surface area contributed by atoms with E-state index in [2.05, 4.69) is 20.2 Å². The molecule has 0 amide bonds. The second kappa shape index (κ2) is 7.96. The van der Waals surface area contributed by atoms with Gasteiger partial charge in [-0.25, -0.2) is 4.98 Å². The molecule has 1 atom stereocenters. The lowest BCUT2D eigenvalue weighted by Crippen LogP contribution is -2.33. The van der Waals surface area contributed by atoms with Gasteiger partial charge in [0.1, 0.15) is 0 Å². The molecule has 4 N–H and O–H groups in total. The first-order valence-corrected chi connectivity index (χ1v) is 10.4. The number of imidazole rings is 1. The van der Waals surface area contributed by atoms with Crippen LogP contribution in [-0.4, -0.2) is 44.8 Å². The predicted octanol–water partition coefficient (Wildman–Crippen LogP) is 3.21. The summed E-state index contributed by atoms with van der Waals surface area (Å²) in [6, 6.07) is 11.0. The molecule has 152 valence electrons. The fourth-order valence-corrected chi connectivity index (χ4v) is 4.18. The summed E-state index contributed by atoms with van der Waals surface area (Å²) >= 11 is 0. The minimum Gasteiger partial charge on any atom is -0.379 e. The van der Waals surface area contributed by atoms with Crippen LogP contribution in [0.5, 0.6) is 0 Å². The monoisotopic (exact) mass is 393 g/mol. The quantitative estimate of drug-likeness (QED) is 0.611. The second-order valence-corrected chi connectivity index (χ2v) is 7.98. The first kappa shape index (κ1) is 18.3. The number of aromatic nitrogens is 4. The minimum absolute atomic E-state index is 0.264. The maximum absolute atomic E-state index is 6.06. The van der Waals surface area contributed by atoms with E-state index in [0.717, 1.165) is 55.6 Å². The summed E-state index contributed by atoms with van der Waals surface area (Å²) in [6.45, 7) is 1.47. The zero-order chi connectivity index (χ0) is 19.6. The van der Waals surface area contributed by atoms with E-state index in [1.807, 2.05) is 36.7 Å². The van der Waals surface area contributed by atoms with Crippen LogP contribution < -0.4 is 16.4 Å². The predicted molar refractivity (Wildman–Crippen MR) is 113 cm³/mol. The Kier molecular flexibility index (Phi) is 5.03. The zero-order valence-corrected chi connectivity index (χ0v) is 16.4. The summed E-state index contributed by atoms with van der Waals surface area (Å²) in [4.78, 5) is 14.3. The van der Waals surface area contributed by atoms with Crippen LogP contribution in [0.2, 0.25) is 0 Å². The van der Waals surface area contributed by atoms with Crippen molar-refractivity contribution in [1.29, 1.82) is 0 Å². The van der Waals surface area contributed by atoms with Crippen LogP contribution in [0.4, 0.5) is 17.5 Å². The Morgan fingerprint density at radius 2 is 1.86 bits per heavy atom. The van der Waals surface area contributed by atoms with Crippen molar-refractivity contribution in [3.63, 3.8) is 0 Å². The topological polar surface area (TPSA) is 103 Å². The van der Waals surface area contributed by atoms with Gasteiger partial charge in [0.2, 0.25) is 5.95 Å². The maximum Gasteiger partial charge on any atom is 0.227 e. The standard InChI is InChI=1S/C21H27N7O/c22-14-6-8-16(9-7-14)25-21-26-19(24-15-4-2-1-3-5-15)18-20(27-21)28(13-23-18)17-10-11-29-12-17/h1-5,13-14,16-17H,6-12,22H2,(H2,24,25,26,27)/t14-,16-,17?. The summed E-state index contributed by atoms with van der Waals surface area (Å²) in [7, 11) is 0. The van der Waals surface area contributed by atoms with Crippen molar-refractivity contribution in [2.24, 2.45) is 5.73 Å². The van der Waals surface area contributed by atoms with Gasteiger partial charge in [0.15, 0.2) is 17.0 Å². The highest BCUT2D eigenvalue weighted by Gasteiger charge is 2.24. The van der Waals surface area contributed by atoms with Crippen molar-refractivity contribution in [3.05, 3.63) is 36.7 Å². The average molecular weight is 393 g/mol. The smallest absolute Gasteiger partial charge is 0.227 e. The SMILES string of the molecule is N[C@H]1CC[C@H](Nc2nc(Nc3ccccc3)c3ncn(C4CCOC4)c3n2)CC1. The summed E-state index contributed by atoms with van der Waals surface area (Å²) in [5.74, 6) is 1.35. The van der Waals surface area contributed by atoms with Crippen molar-refractivity contribution in [1.82, 2.24) is 19.5 Å². The first-order valence-electron chi connectivity index (χ1n) is 10.4. The van der Waals surface area contributed by atoms with Crippen LogP contribution >= 0.6 is 0 Å². The number of nitrogens with two attached hydrogens (primary N) is 1. The fraction of sp³-hybridized carbons (Fsp3) is 0.476. The van der Waals surface area contributed by atoms with Crippen LogP contribution in [0.3, 0.4) is 0 Å². The minimum atomic E-state index is 0.264. The average Bonchev–Trinajstić information content (AvgIpc) is 3.40. The number of hydrogen-bond acceptors (Lipinski definition) is 7. The molecule has 5 rings (SSSR count). The molecule has 2 fully saturated rings. The molecule has 3 heterocycles. The molecule has 8 nitrogen and oxygen atoms in total. The number of ether oxygens (including phenoxy) is 1. The Morgan fingerprint density at radius 1 is 1.03 bits per heavy atom. The van der Waals surface area contributed by atoms with E-state index in [4.69, 9.17) is 20.4 Å². The van der Waals surface area contributed by atoms with E-state index in [-0.39, 0.29) is 6.04 Å². The highest BCUT2D eigenvalue weighted by molar-refractivity contribution is 5.86. The normalized spacial score (nSPS) is 24.7. The van der Waals surface area contributed by atoms with Gasteiger partial charge < -0.3 is 25.7 Å². The van der Waals surface area contributed by atoms with Crippen molar-refractivity contribution < 1.29 is 4.74 Å². The van der Waals surface area contributed by atoms with Gasteiger partial charge in [0.25, 0.3) is 0 Å². The number of benzene rings is 1. The van der Waals surface area contributed by atoms with Gasteiger partial charge in [-0.2, -0.15) is 9.97 Å². The Morgan fingerprint density at radius 3 is 2.62 bits per heavy atom. The molecule has 1 aliphatic heterocycles. The largest absolute Gasteiger partial charge is 0.379 e. The van der Waals surface area contributed by atoms with Crippen molar-refractivity contribution in [2.45, 2.75) is 50.2 Å². The third kappa shape index (κ3) is 3.90. The van der Waals surface area contributed by atoms with Crippen LogP contribution in [0.15, 0.2) is 36.7 Å². The number of anilines is 3. The van der Waals surface area contributed by atoms with E-state index < -0.39 is 0 Å². The highest BCUT2D eigenvalue weighted by Crippen LogP contribution is 2.29. The zero-order valence-electron chi connectivity index (χ0n) is 16.4. The molecular weight excluding hydrogens is 366 g/mol. The number of nitrogens with zero attached hydrogens (tertiary/aromatic N) is 4. The van der Waals surface area contributed by atoms with E-state index in [9.17, 15) is 0 Å². The van der Waals surface area contributed by atoms with Gasteiger partial charge in [-0.15, -0.1) is 0 Å². The van der Waals surface area contributed by atoms with Gasteiger partial charge in [-0.05, 0) is 44.2 Å². The van der Waals surface area contributed by atoms with Crippen LogP contribution in [0.1, 0.15) is 38.1 Å².